The maximum absolute atomic E-state index is 11.8. The Bertz CT molecular complexity index is 393. The second-order valence-corrected chi connectivity index (χ2v) is 4.45. The summed E-state index contributed by atoms with van der Waals surface area (Å²) in [7, 11) is 0. The highest BCUT2D eigenvalue weighted by molar-refractivity contribution is 5.78. The first-order valence-corrected chi connectivity index (χ1v) is 5.75. The highest BCUT2D eigenvalue weighted by Gasteiger charge is 2.49. The van der Waals surface area contributed by atoms with Crippen molar-refractivity contribution in [2.45, 2.75) is 37.6 Å². The van der Waals surface area contributed by atoms with Crippen LogP contribution >= 0.6 is 0 Å². The van der Waals surface area contributed by atoms with Crippen molar-refractivity contribution < 1.29 is 14.3 Å². The lowest BCUT2D eigenvalue weighted by Crippen LogP contribution is -2.25. The molecule has 16 heavy (non-hydrogen) atoms. The molecule has 0 radical (unpaired) electrons. The van der Waals surface area contributed by atoms with Crippen LogP contribution in [0.1, 0.15) is 37.4 Å². The topological polar surface area (TPSA) is 35.5 Å². The standard InChI is InChI=1S/C13H14O3/c14-12-11(10-6-2-1-3-7-10)15-13(16-12)8-4-5-9-13/h1-3,6-7,11H,4-5,8-9H2/t11-/m1/s1. The van der Waals surface area contributed by atoms with Crippen LogP contribution in [0.5, 0.6) is 0 Å². The monoisotopic (exact) mass is 218 g/mol. The van der Waals surface area contributed by atoms with Gasteiger partial charge in [-0.3, -0.25) is 0 Å². The average Bonchev–Trinajstić information content (AvgIpc) is 2.88. The molecule has 1 saturated heterocycles. The molecule has 3 nitrogen and oxygen atoms in total. The molecule has 1 spiro atoms. The number of rotatable bonds is 1. The van der Waals surface area contributed by atoms with E-state index in [0.717, 1.165) is 31.2 Å². The molecule has 1 aromatic rings. The van der Waals surface area contributed by atoms with Gasteiger partial charge in [0.05, 0.1) is 0 Å². The van der Waals surface area contributed by atoms with Gasteiger partial charge in [0.15, 0.2) is 6.10 Å². The Morgan fingerprint density at radius 1 is 1.12 bits per heavy atom. The third-order valence-corrected chi connectivity index (χ3v) is 3.30. The van der Waals surface area contributed by atoms with Gasteiger partial charge in [-0.2, -0.15) is 0 Å². The van der Waals surface area contributed by atoms with Crippen LogP contribution in [-0.2, 0) is 14.3 Å². The van der Waals surface area contributed by atoms with Crippen molar-refractivity contribution in [1.29, 1.82) is 0 Å². The summed E-state index contributed by atoms with van der Waals surface area (Å²) >= 11 is 0. The molecule has 0 amide bonds. The number of carbonyl (C=O) groups excluding carboxylic acids is 1. The fourth-order valence-electron chi connectivity index (χ4n) is 2.49. The third-order valence-electron chi connectivity index (χ3n) is 3.30. The fraction of sp³-hybridized carbons (Fsp3) is 0.462. The third kappa shape index (κ3) is 1.52. The van der Waals surface area contributed by atoms with Crippen molar-refractivity contribution in [3.05, 3.63) is 35.9 Å². The van der Waals surface area contributed by atoms with Crippen molar-refractivity contribution in [1.82, 2.24) is 0 Å². The van der Waals surface area contributed by atoms with Gasteiger partial charge in [-0.1, -0.05) is 30.3 Å². The molecule has 84 valence electrons. The van der Waals surface area contributed by atoms with Gasteiger partial charge in [0, 0.05) is 12.8 Å². The fourth-order valence-corrected chi connectivity index (χ4v) is 2.49. The van der Waals surface area contributed by atoms with Gasteiger partial charge < -0.3 is 9.47 Å². The van der Waals surface area contributed by atoms with E-state index in [0.29, 0.717) is 0 Å². The molecule has 1 aromatic carbocycles. The number of esters is 1. The van der Waals surface area contributed by atoms with E-state index in [-0.39, 0.29) is 5.97 Å². The smallest absolute Gasteiger partial charge is 0.342 e. The SMILES string of the molecule is O=C1OC2(CCCC2)O[C@@H]1c1ccccc1. The summed E-state index contributed by atoms with van der Waals surface area (Å²) in [6.45, 7) is 0. The predicted molar refractivity (Wildman–Crippen MR) is 57.6 cm³/mol. The number of hydrogen-bond donors (Lipinski definition) is 0. The Kier molecular flexibility index (Phi) is 2.21. The lowest BCUT2D eigenvalue weighted by Gasteiger charge is -2.20. The number of benzene rings is 1. The minimum Gasteiger partial charge on any atom is -0.431 e. The maximum Gasteiger partial charge on any atom is 0.342 e. The minimum atomic E-state index is -0.614. The summed E-state index contributed by atoms with van der Waals surface area (Å²) in [5.74, 6) is -0.856. The highest BCUT2D eigenvalue weighted by atomic mass is 16.8. The molecule has 2 fully saturated rings. The van der Waals surface area contributed by atoms with Crippen molar-refractivity contribution in [3.8, 4) is 0 Å². The largest absolute Gasteiger partial charge is 0.431 e. The van der Waals surface area contributed by atoms with Gasteiger partial charge in [0.2, 0.25) is 5.79 Å². The van der Waals surface area contributed by atoms with Crippen LogP contribution in [0.15, 0.2) is 30.3 Å². The number of ether oxygens (including phenoxy) is 2. The Morgan fingerprint density at radius 2 is 1.81 bits per heavy atom. The van der Waals surface area contributed by atoms with Crippen LogP contribution in [0.3, 0.4) is 0 Å². The molecule has 0 N–H and O–H groups in total. The Morgan fingerprint density at radius 3 is 2.50 bits per heavy atom. The maximum atomic E-state index is 11.8. The van der Waals surface area contributed by atoms with Crippen LogP contribution in [0, 0.1) is 0 Å². The first-order valence-electron chi connectivity index (χ1n) is 5.75. The zero-order valence-corrected chi connectivity index (χ0v) is 9.02. The molecule has 0 bridgehead atoms. The second kappa shape index (κ2) is 3.59. The van der Waals surface area contributed by atoms with Gasteiger partial charge in [0.1, 0.15) is 0 Å². The summed E-state index contributed by atoms with van der Waals surface area (Å²) in [6.07, 6.45) is 3.30. The molecule has 0 aromatic heterocycles. The Hall–Kier alpha value is -1.35. The first kappa shape index (κ1) is 9.85. The van der Waals surface area contributed by atoms with E-state index in [4.69, 9.17) is 9.47 Å². The molecule has 0 unspecified atom stereocenters. The van der Waals surface area contributed by atoms with Crippen molar-refractivity contribution in [2.24, 2.45) is 0 Å². The van der Waals surface area contributed by atoms with Gasteiger partial charge >= 0.3 is 5.97 Å². The summed E-state index contributed by atoms with van der Waals surface area (Å²) in [6, 6.07) is 9.55. The normalized spacial score (nSPS) is 27.2. The van der Waals surface area contributed by atoms with Crippen molar-refractivity contribution >= 4 is 5.97 Å². The van der Waals surface area contributed by atoms with E-state index >= 15 is 0 Å². The molecule has 1 saturated carbocycles. The summed E-state index contributed by atoms with van der Waals surface area (Å²) in [5.41, 5.74) is 0.885. The van der Waals surface area contributed by atoms with Crippen LogP contribution in [-0.4, -0.2) is 11.8 Å². The highest BCUT2D eigenvalue weighted by Crippen LogP contribution is 2.44. The van der Waals surface area contributed by atoms with Crippen molar-refractivity contribution in [2.75, 3.05) is 0 Å². The van der Waals surface area contributed by atoms with Gasteiger partial charge in [-0.15, -0.1) is 0 Å². The van der Waals surface area contributed by atoms with E-state index in [1.165, 1.54) is 0 Å². The van der Waals surface area contributed by atoms with Gasteiger partial charge in [0.25, 0.3) is 0 Å². The molecule has 1 aliphatic heterocycles. The zero-order valence-electron chi connectivity index (χ0n) is 9.02. The van der Waals surface area contributed by atoms with Crippen LogP contribution in [0.2, 0.25) is 0 Å². The summed E-state index contributed by atoms with van der Waals surface area (Å²) < 4.78 is 11.3. The van der Waals surface area contributed by atoms with E-state index in [9.17, 15) is 4.79 Å². The lowest BCUT2D eigenvalue weighted by atomic mass is 10.1. The van der Waals surface area contributed by atoms with Crippen LogP contribution in [0.4, 0.5) is 0 Å². The average molecular weight is 218 g/mol. The number of carbonyl (C=O) groups is 1. The molecule has 1 heterocycles. The molecule has 1 atom stereocenters. The van der Waals surface area contributed by atoms with E-state index < -0.39 is 11.9 Å². The van der Waals surface area contributed by atoms with E-state index in [1.54, 1.807) is 0 Å². The molecule has 3 heteroatoms. The zero-order chi connectivity index (χ0) is 11.0. The summed E-state index contributed by atoms with van der Waals surface area (Å²) in [5, 5.41) is 0. The van der Waals surface area contributed by atoms with Gasteiger partial charge in [-0.25, -0.2) is 4.79 Å². The lowest BCUT2D eigenvalue weighted by molar-refractivity contribution is -0.173. The molecule has 3 rings (SSSR count). The van der Waals surface area contributed by atoms with E-state index in [1.807, 2.05) is 30.3 Å². The Labute approximate surface area is 94.4 Å². The quantitative estimate of drug-likeness (QED) is 0.679. The Balaban J connectivity index is 1.86. The second-order valence-electron chi connectivity index (χ2n) is 4.45. The van der Waals surface area contributed by atoms with E-state index in [2.05, 4.69) is 0 Å². The summed E-state index contributed by atoms with van der Waals surface area (Å²) in [4.78, 5) is 11.8. The molecular formula is C13H14O3. The van der Waals surface area contributed by atoms with Crippen LogP contribution < -0.4 is 0 Å². The minimum absolute atomic E-state index is 0.242. The van der Waals surface area contributed by atoms with Crippen LogP contribution in [0.25, 0.3) is 0 Å². The molecular weight excluding hydrogens is 204 g/mol. The van der Waals surface area contributed by atoms with Gasteiger partial charge in [-0.05, 0) is 18.4 Å². The first-order chi connectivity index (χ1) is 7.79. The number of hydrogen-bond acceptors (Lipinski definition) is 3. The van der Waals surface area contributed by atoms with Crippen molar-refractivity contribution in [3.63, 3.8) is 0 Å². The predicted octanol–water partition coefficient (Wildman–Crippen LogP) is 2.57. The molecule has 2 aliphatic rings. The molecule has 1 aliphatic carbocycles.